The summed E-state index contributed by atoms with van der Waals surface area (Å²) in [6.45, 7) is 3.89. The van der Waals surface area contributed by atoms with Crippen LogP contribution in [0.4, 0.5) is 0 Å². The van der Waals surface area contributed by atoms with Crippen LogP contribution in [0.25, 0.3) is 0 Å². The lowest BCUT2D eigenvalue weighted by atomic mass is 9.90. The first kappa shape index (κ1) is 15.4. The number of allylic oxidation sites excluding steroid dienone is 1. The maximum absolute atomic E-state index is 13.0. The molecule has 1 aromatic carbocycles. The molecule has 0 aromatic heterocycles. The van der Waals surface area contributed by atoms with Crippen LogP contribution in [0.15, 0.2) is 42.5 Å². The van der Waals surface area contributed by atoms with Crippen LogP contribution in [0.5, 0.6) is 0 Å². The van der Waals surface area contributed by atoms with Gasteiger partial charge in [0, 0.05) is 33.3 Å². The lowest BCUT2D eigenvalue weighted by Gasteiger charge is -2.33. The summed E-state index contributed by atoms with van der Waals surface area (Å²) < 4.78 is 12.3. The molecule has 4 nitrogen and oxygen atoms in total. The maximum atomic E-state index is 13.0. The molecule has 0 radical (unpaired) electrons. The lowest BCUT2D eigenvalue weighted by molar-refractivity contribution is -0.531. The van der Waals surface area contributed by atoms with E-state index in [4.69, 9.17) is 0 Å². The van der Waals surface area contributed by atoms with Gasteiger partial charge in [-0.3, -0.25) is 14.3 Å². The molecule has 0 heterocycles. The van der Waals surface area contributed by atoms with Gasteiger partial charge in [0.2, 0.25) is 6.04 Å². The van der Waals surface area contributed by atoms with Gasteiger partial charge in [-0.15, -0.1) is 0 Å². The van der Waals surface area contributed by atoms with Gasteiger partial charge in [-0.05, 0) is 24.8 Å². The number of rotatable bonds is 5. The Bertz CT molecular complexity index is 630. The second-order valence-corrected chi connectivity index (χ2v) is 8.53. The molecular weight excluding hydrogens is 298 g/mol. The molecule has 2 aliphatic carbocycles. The fraction of sp³-hybridized carbons (Fsp3) is 0.529. The zero-order valence-corrected chi connectivity index (χ0v) is 13.7. The standard InChI is InChI=1S/C17H21NO3S/c1-12(13-6-4-3-5-7-13)11-22(21)17(2)15-9-8-14(10-15)16(17)18(19)20/h3-9,12,14-16H,10-11H2,1-2H3/t12-,14-,15+,16+,17+,22+/m1/s1. The number of hydrogen-bond acceptors (Lipinski definition) is 3. The molecule has 0 aliphatic heterocycles. The quantitative estimate of drug-likeness (QED) is 0.476. The molecule has 0 unspecified atom stereocenters. The highest BCUT2D eigenvalue weighted by Gasteiger charge is 2.63. The zero-order valence-electron chi connectivity index (χ0n) is 12.8. The van der Waals surface area contributed by atoms with Crippen molar-refractivity contribution in [2.24, 2.45) is 11.8 Å². The van der Waals surface area contributed by atoms with Crippen LogP contribution < -0.4 is 0 Å². The fourth-order valence-corrected chi connectivity index (χ4v) is 6.03. The molecule has 0 saturated heterocycles. The smallest absolute Gasteiger partial charge is 0.236 e. The van der Waals surface area contributed by atoms with E-state index < -0.39 is 21.6 Å². The van der Waals surface area contributed by atoms with Crippen molar-refractivity contribution in [3.63, 3.8) is 0 Å². The number of hydrogen-bond donors (Lipinski definition) is 0. The van der Waals surface area contributed by atoms with Crippen molar-refractivity contribution in [2.75, 3.05) is 5.75 Å². The Morgan fingerprint density at radius 3 is 2.68 bits per heavy atom. The predicted molar refractivity (Wildman–Crippen MR) is 87.8 cm³/mol. The number of benzene rings is 1. The van der Waals surface area contributed by atoms with E-state index in [1.807, 2.05) is 56.3 Å². The predicted octanol–water partition coefficient (Wildman–Crippen LogP) is 3.15. The van der Waals surface area contributed by atoms with E-state index in [1.54, 1.807) is 0 Å². The van der Waals surface area contributed by atoms with E-state index in [-0.39, 0.29) is 22.7 Å². The van der Waals surface area contributed by atoms with Crippen molar-refractivity contribution < 1.29 is 9.13 Å². The van der Waals surface area contributed by atoms with Crippen molar-refractivity contribution in [3.05, 3.63) is 58.2 Å². The van der Waals surface area contributed by atoms with Gasteiger partial charge in [-0.1, -0.05) is 49.4 Å². The first-order valence-corrected chi connectivity index (χ1v) is 9.01. The summed E-state index contributed by atoms with van der Waals surface area (Å²) in [4.78, 5) is 11.3. The van der Waals surface area contributed by atoms with Gasteiger partial charge in [0.05, 0.1) is 0 Å². The Hall–Kier alpha value is -1.49. The summed E-state index contributed by atoms with van der Waals surface area (Å²) in [6, 6.07) is 9.22. The van der Waals surface area contributed by atoms with Crippen LogP contribution in [-0.4, -0.2) is 25.7 Å². The third-order valence-electron chi connectivity index (χ3n) is 5.33. The van der Waals surface area contributed by atoms with Gasteiger partial charge < -0.3 is 0 Å². The topological polar surface area (TPSA) is 60.2 Å². The number of nitrogens with zero attached hydrogens (tertiary/aromatic N) is 1. The minimum absolute atomic E-state index is 0.0546. The van der Waals surface area contributed by atoms with Gasteiger partial charge in [0.25, 0.3) is 0 Å². The average Bonchev–Trinajstić information content (AvgIpc) is 3.07. The van der Waals surface area contributed by atoms with E-state index in [0.29, 0.717) is 5.75 Å². The second kappa shape index (κ2) is 5.61. The summed E-state index contributed by atoms with van der Waals surface area (Å²) in [6.07, 6.45) is 4.75. The van der Waals surface area contributed by atoms with Crippen molar-refractivity contribution >= 4 is 10.8 Å². The van der Waals surface area contributed by atoms with E-state index in [9.17, 15) is 14.3 Å². The first-order valence-electron chi connectivity index (χ1n) is 7.69. The van der Waals surface area contributed by atoms with Gasteiger partial charge in [0.15, 0.2) is 0 Å². The van der Waals surface area contributed by atoms with Gasteiger partial charge in [0.1, 0.15) is 4.75 Å². The third-order valence-corrected chi connectivity index (χ3v) is 7.66. The average molecular weight is 319 g/mol. The summed E-state index contributed by atoms with van der Waals surface area (Å²) in [5.41, 5.74) is 1.14. The normalized spacial score (nSPS) is 35.5. The van der Waals surface area contributed by atoms with Crippen molar-refractivity contribution in [1.29, 1.82) is 0 Å². The minimum atomic E-state index is -1.23. The van der Waals surface area contributed by atoms with Gasteiger partial charge in [-0.2, -0.15) is 0 Å². The van der Waals surface area contributed by atoms with Crippen molar-refractivity contribution in [2.45, 2.75) is 37.0 Å². The van der Waals surface area contributed by atoms with Crippen LogP contribution >= 0.6 is 0 Å². The highest BCUT2D eigenvalue weighted by Crippen LogP contribution is 2.51. The first-order chi connectivity index (χ1) is 10.4. The molecule has 5 heteroatoms. The summed E-state index contributed by atoms with van der Waals surface area (Å²) in [7, 11) is -1.23. The Morgan fingerprint density at radius 1 is 1.36 bits per heavy atom. The molecule has 6 atom stereocenters. The largest absolute Gasteiger partial charge is 0.264 e. The van der Waals surface area contributed by atoms with Crippen LogP contribution in [0.1, 0.15) is 31.7 Å². The Morgan fingerprint density at radius 2 is 2.05 bits per heavy atom. The summed E-state index contributed by atoms with van der Waals surface area (Å²) >= 11 is 0. The highest BCUT2D eigenvalue weighted by atomic mass is 32.2. The summed E-state index contributed by atoms with van der Waals surface area (Å²) in [5.74, 6) is 0.620. The molecule has 0 amide bonds. The second-order valence-electron chi connectivity index (χ2n) is 6.63. The molecular formula is C17H21NO3S. The fourth-order valence-electron chi connectivity index (χ4n) is 3.98. The Kier molecular flexibility index (Phi) is 3.93. The molecule has 0 spiro atoms. The number of nitro groups is 1. The van der Waals surface area contributed by atoms with Crippen molar-refractivity contribution in [3.8, 4) is 0 Å². The highest BCUT2D eigenvalue weighted by molar-refractivity contribution is 7.86. The third kappa shape index (κ3) is 2.32. The molecule has 1 aromatic rings. The molecule has 1 saturated carbocycles. The minimum Gasteiger partial charge on any atom is -0.264 e. The molecule has 0 N–H and O–H groups in total. The maximum Gasteiger partial charge on any atom is 0.236 e. The Balaban J connectivity index is 1.82. The van der Waals surface area contributed by atoms with Crippen LogP contribution in [0.3, 0.4) is 0 Å². The van der Waals surface area contributed by atoms with Crippen LogP contribution in [-0.2, 0) is 10.8 Å². The molecule has 3 rings (SSSR count). The zero-order chi connectivity index (χ0) is 15.9. The molecule has 2 aliphatic rings. The van der Waals surface area contributed by atoms with E-state index in [1.165, 1.54) is 0 Å². The van der Waals surface area contributed by atoms with Gasteiger partial charge in [-0.25, -0.2) is 0 Å². The van der Waals surface area contributed by atoms with Crippen molar-refractivity contribution in [1.82, 2.24) is 0 Å². The SMILES string of the molecule is C[C@H](C[S@](=O)[C@]1(C)[C@@H]([N+](=O)[O-])[C@@H]2C=C[C@H]1C2)c1ccccc1. The monoisotopic (exact) mass is 319 g/mol. The molecule has 118 valence electrons. The molecule has 1 fully saturated rings. The van der Waals surface area contributed by atoms with Crippen LogP contribution in [0.2, 0.25) is 0 Å². The number of fused-ring (bicyclic) bond motifs is 2. The van der Waals surface area contributed by atoms with E-state index in [0.717, 1.165) is 12.0 Å². The lowest BCUT2D eigenvalue weighted by Crippen LogP contribution is -2.51. The molecule has 2 bridgehead atoms. The van der Waals surface area contributed by atoms with Gasteiger partial charge >= 0.3 is 0 Å². The Labute approximate surface area is 133 Å². The van der Waals surface area contributed by atoms with Crippen LogP contribution in [0, 0.1) is 22.0 Å². The van der Waals surface area contributed by atoms with E-state index in [2.05, 4.69) is 0 Å². The van der Waals surface area contributed by atoms with E-state index >= 15 is 0 Å². The summed E-state index contributed by atoms with van der Waals surface area (Å²) in [5, 5.41) is 11.5. The molecule has 22 heavy (non-hydrogen) atoms.